The number of rotatable bonds is 3. The van der Waals surface area contributed by atoms with Gasteiger partial charge in [-0.2, -0.15) is 0 Å². The van der Waals surface area contributed by atoms with Gasteiger partial charge in [-0.15, -0.1) is 0 Å². The Kier molecular flexibility index (Phi) is 3.95. The summed E-state index contributed by atoms with van der Waals surface area (Å²) >= 11 is 0. The predicted molar refractivity (Wildman–Crippen MR) is 79.9 cm³/mol. The van der Waals surface area contributed by atoms with Crippen LogP contribution in [0.1, 0.15) is 30.7 Å². The van der Waals surface area contributed by atoms with Crippen molar-refractivity contribution < 1.29 is 9.90 Å². The van der Waals surface area contributed by atoms with E-state index in [1.54, 1.807) is 6.20 Å². The number of likely N-dealkylation sites (N-methyl/N-ethyl adjacent to an activating group) is 1. The molecule has 114 valence electrons. The number of nitrogens with zero attached hydrogens (tertiary/aromatic N) is 3. The third-order valence-corrected chi connectivity index (χ3v) is 5.21. The minimum atomic E-state index is -0.0481. The lowest BCUT2D eigenvalue weighted by Gasteiger charge is -2.43. The van der Waals surface area contributed by atoms with Gasteiger partial charge < -0.3 is 14.9 Å². The van der Waals surface area contributed by atoms with Gasteiger partial charge >= 0.3 is 0 Å². The fourth-order valence-electron chi connectivity index (χ4n) is 3.79. The summed E-state index contributed by atoms with van der Waals surface area (Å²) in [6.45, 7) is 2.86. The standard InChI is InChI=1S/C16H23N3O2/c1-18-15(21)14(13-3-2-6-17-12-13)11-16(18)4-7-19(8-5-16)9-10-20/h2-3,6,12,14,20H,4-5,7-11H2,1H3/t14-/m0/s1. The van der Waals surface area contributed by atoms with E-state index in [4.69, 9.17) is 5.11 Å². The zero-order chi connectivity index (χ0) is 14.9. The SMILES string of the molecule is CN1C(=O)[C@H](c2cccnc2)CC12CCN(CCO)CC2. The van der Waals surface area contributed by atoms with E-state index in [1.807, 2.05) is 30.3 Å². The van der Waals surface area contributed by atoms with Crippen molar-refractivity contribution in [3.05, 3.63) is 30.1 Å². The number of β-amino-alcohol motifs (C(OH)–C–C–N with tert-alkyl or cyclic N) is 1. The van der Waals surface area contributed by atoms with Crippen molar-refractivity contribution in [3.63, 3.8) is 0 Å². The number of aromatic nitrogens is 1. The molecule has 2 aliphatic heterocycles. The molecule has 1 amide bonds. The summed E-state index contributed by atoms with van der Waals surface area (Å²) in [5.74, 6) is 0.173. The van der Waals surface area contributed by atoms with Crippen molar-refractivity contribution in [2.24, 2.45) is 0 Å². The van der Waals surface area contributed by atoms with Gasteiger partial charge in [-0.05, 0) is 30.9 Å². The molecule has 0 bridgehead atoms. The highest BCUT2D eigenvalue weighted by Gasteiger charge is 2.50. The average molecular weight is 289 g/mol. The first-order chi connectivity index (χ1) is 10.2. The lowest BCUT2D eigenvalue weighted by atomic mass is 9.81. The van der Waals surface area contributed by atoms with Crippen LogP contribution in [0, 0.1) is 0 Å². The number of likely N-dealkylation sites (tertiary alicyclic amines) is 2. The molecule has 3 heterocycles. The largest absolute Gasteiger partial charge is 0.395 e. The van der Waals surface area contributed by atoms with Crippen molar-refractivity contribution in [1.82, 2.24) is 14.8 Å². The van der Waals surface area contributed by atoms with Crippen LogP contribution in [0.4, 0.5) is 0 Å². The molecule has 3 rings (SSSR count). The molecule has 1 N–H and O–H groups in total. The summed E-state index contributed by atoms with van der Waals surface area (Å²) in [5.41, 5.74) is 1.02. The van der Waals surface area contributed by atoms with E-state index < -0.39 is 0 Å². The van der Waals surface area contributed by atoms with Gasteiger partial charge in [0.1, 0.15) is 0 Å². The van der Waals surface area contributed by atoms with Gasteiger partial charge in [0.2, 0.25) is 5.91 Å². The molecule has 2 fully saturated rings. The minimum absolute atomic E-state index is 0.0104. The summed E-state index contributed by atoms with van der Waals surface area (Å²) in [7, 11) is 1.94. The zero-order valence-corrected chi connectivity index (χ0v) is 12.5. The normalized spacial score (nSPS) is 25.7. The highest BCUT2D eigenvalue weighted by atomic mass is 16.3. The molecule has 1 spiro atoms. The second-order valence-corrected chi connectivity index (χ2v) is 6.23. The van der Waals surface area contributed by atoms with E-state index in [2.05, 4.69) is 9.88 Å². The molecule has 0 saturated carbocycles. The van der Waals surface area contributed by atoms with Gasteiger partial charge in [0.25, 0.3) is 0 Å². The molecule has 5 heteroatoms. The van der Waals surface area contributed by atoms with Gasteiger partial charge in [0.15, 0.2) is 0 Å². The molecule has 0 aromatic carbocycles. The van der Waals surface area contributed by atoms with Crippen LogP contribution >= 0.6 is 0 Å². The number of hydrogen-bond acceptors (Lipinski definition) is 4. The maximum atomic E-state index is 12.6. The second kappa shape index (κ2) is 5.73. The van der Waals surface area contributed by atoms with E-state index in [-0.39, 0.29) is 24.0 Å². The summed E-state index contributed by atoms with van der Waals surface area (Å²) in [5, 5.41) is 9.05. The molecular weight excluding hydrogens is 266 g/mol. The highest BCUT2D eigenvalue weighted by Crippen LogP contribution is 2.44. The van der Waals surface area contributed by atoms with E-state index in [0.717, 1.165) is 44.5 Å². The Bertz CT molecular complexity index is 498. The third-order valence-electron chi connectivity index (χ3n) is 5.21. The molecule has 2 aliphatic rings. The average Bonchev–Trinajstić information content (AvgIpc) is 2.77. The molecule has 21 heavy (non-hydrogen) atoms. The fraction of sp³-hybridized carbons (Fsp3) is 0.625. The van der Waals surface area contributed by atoms with Gasteiger partial charge in [-0.3, -0.25) is 9.78 Å². The quantitative estimate of drug-likeness (QED) is 0.896. The highest BCUT2D eigenvalue weighted by molar-refractivity contribution is 5.86. The summed E-state index contributed by atoms with van der Waals surface area (Å²) < 4.78 is 0. The Morgan fingerprint density at radius 1 is 1.43 bits per heavy atom. The Balaban J connectivity index is 1.75. The first-order valence-corrected chi connectivity index (χ1v) is 7.67. The number of carbonyl (C=O) groups is 1. The number of pyridine rings is 1. The third kappa shape index (κ3) is 2.56. The fourth-order valence-corrected chi connectivity index (χ4v) is 3.79. The lowest BCUT2D eigenvalue weighted by molar-refractivity contribution is -0.131. The molecular formula is C16H23N3O2. The topological polar surface area (TPSA) is 56.7 Å². The van der Waals surface area contributed by atoms with E-state index in [9.17, 15) is 4.79 Å². The molecule has 5 nitrogen and oxygen atoms in total. The van der Waals surface area contributed by atoms with Gasteiger partial charge in [-0.1, -0.05) is 6.07 Å². The van der Waals surface area contributed by atoms with Crippen molar-refractivity contribution in [2.75, 3.05) is 33.3 Å². The minimum Gasteiger partial charge on any atom is -0.395 e. The van der Waals surface area contributed by atoms with Crippen LogP contribution in [-0.4, -0.2) is 64.6 Å². The Labute approximate surface area is 125 Å². The molecule has 1 aromatic rings. The van der Waals surface area contributed by atoms with Crippen LogP contribution in [0.3, 0.4) is 0 Å². The number of hydrogen-bond donors (Lipinski definition) is 1. The second-order valence-electron chi connectivity index (χ2n) is 6.23. The molecule has 1 atom stereocenters. The van der Waals surface area contributed by atoms with Crippen molar-refractivity contribution in [3.8, 4) is 0 Å². The molecule has 0 radical (unpaired) electrons. The lowest BCUT2D eigenvalue weighted by Crippen LogP contribution is -2.51. The van der Waals surface area contributed by atoms with Crippen LogP contribution in [0.25, 0.3) is 0 Å². The summed E-state index contributed by atoms with van der Waals surface area (Å²) in [4.78, 5) is 21.0. The maximum Gasteiger partial charge on any atom is 0.230 e. The van der Waals surface area contributed by atoms with Gasteiger partial charge in [-0.25, -0.2) is 0 Å². The molecule has 0 unspecified atom stereocenters. The number of amides is 1. The molecule has 1 aromatic heterocycles. The van der Waals surface area contributed by atoms with Crippen LogP contribution in [0.15, 0.2) is 24.5 Å². The van der Waals surface area contributed by atoms with Crippen LogP contribution in [0.5, 0.6) is 0 Å². The molecule has 2 saturated heterocycles. The Morgan fingerprint density at radius 3 is 2.81 bits per heavy atom. The van der Waals surface area contributed by atoms with E-state index in [1.165, 1.54) is 0 Å². The van der Waals surface area contributed by atoms with Crippen molar-refractivity contribution in [2.45, 2.75) is 30.7 Å². The number of piperidine rings is 1. The van der Waals surface area contributed by atoms with Crippen LogP contribution in [-0.2, 0) is 4.79 Å². The van der Waals surface area contributed by atoms with Gasteiger partial charge in [0.05, 0.1) is 12.5 Å². The van der Waals surface area contributed by atoms with E-state index >= 15 is 0 Å². The van der Waals surface area contributed by atoms with E-state index in [0.29, 0.717) is 0 Å². The Morgan fingerprint density at radius 2 is 2.19 bits per heavy atom. The van der Waals surface area contributed by atoms with Crippen LogP contribution in [0.2, 0.25) is 0 Å². The first kappa shape index (κ1) is 14.5. The first-order valence-electron chi connectivity index (χ1n) is 7.67. The number of carbonyl (C=O) groups excluding carboxylic acids is 1. The van der Waals surface area contributed by atoms with Crippen LogP contribution < -0.4 is 0 Å². The predicted octanol–water partition coefficient (Wildman–Crippen LogP) is 0.854. The van der Waals surface area contributed by atoms with Gasteiger partial charge in [0, 0.05) is 44.6 Å². The Hall–Kier alpha value is -1.46. The zero-order valence-electron chi connectivity index (χ0n) is 12.5. The number of aliphatic hydroxyl groups excluding tert-OH is 1. The number of aliphatic hydroxyl groups is 1. The molecule has 0 aliphatic carbocycles. The smallest absolute Gasteiger partial charge is 0.230 e. The summed E-state index contributed by atoms with van der Waals surface area (Å²) in [6.07, 6.45) is 6.44. The van der Waals surface area contributed by atoms with Crippen molar-refractivity contribution >= 4 is 5.91 Å². The maximum absolute atomic E-state index is 12.6. The monoisotopic (exact) mass is 289 g/mol. The van der Waals surface area contributed by atoms with Crippen molar-refractivity contribution in [1.29, 1.82) is 0 Å². The summed E-state index contributed by atoms with van der Waals surface area (Å²) in [6, 6.07) is 3.90.